The summed E-state index contributed by atoms with van der Waals surface area (Å²) in [6.45, 7) is 8.71. The van der Waals surface area contributed by atoms with Crippen LogP contribution >= 0.6 is 0 Å². The van der Waals surface area contributed by atoms with Crippen LogP contribution in [0.3, 0.4) is 0 Å². The highest BCUT2D eigenvalue weighted by atomic mass is 16.2. The van der Waals surface area contributed by atoms with E-state index in [9.17, 15) is 9.59 Å². The molecule has 0 radical (unpaired) electrons. The lowest BCUT2D eigenvalue weighted by molar-refractivity contribution is -0.141. The minimum absolute atomic E-state index is 0.0432. The Balaban J connectivity index is 2.11. The molecule has 4 heteroatoms. The van der Waals surface area contributed by atoms with Gasteiger partial charge in [-0.2, -0.15) is 0 Å². The Morgan fingerprint density at radius 2 is 1.45 bits per heavy atom. The van der Waals surface area contributed by atoms with Gasteiger partial charge in [0.2, 0.25) is 11.8 Å². The Hall–Kier alpha value is -2.62. The molecule has 0 spiro atoms. The van der Waals surface area contributed by atoms with Gasteiger partial charge in [-0.1, -0.05) is 75.4 Å². The molecule has 0 heterocycles. The largest absolute Gasteiger partial charge is 0.352 e. The van der Waals surface area contributed by atoms with E-state index in [-0.39, 0.29) is 17.9 Å². The second kappa shape index (κ2) is 12.9. The quantitative estimate of drug-likeness (QED) is 0.526. The number of hydrogen-bond donors (Lipinski definition) is 1. The maximum Gasteiger partial charge on any atom is 0.243 e. The van der Waals surface area contributed by atoms with Crippen LogP contribution in [0.5, 0.6) is 0 Å². The van der Waals surface area contributed by atoms with E-state index in [1.165, 1.54) is 11.1 Å². The standard InChI is InChI=1S/C27H38N2O2/c1-5-21(4)28-27(31)25(7-3)29(20-19-23-11-9-8-10-12-23)26(30)18-17-24-15-13-22(6-2)14-16-24/h8-16,21,25H,5-7,17-20H2,1-4H3,(H,28,31). The predicted molar refractivity (Wildman–Crippen MR) is 128 cm³/mol. The predicted octanol–water partition coefficient (Wildman–Crippen LogP) is 4.95. The minimum atomic E-state index is -0.437. The van der Waals surface area contributed by atoms with Crippen LogP contribution in [0, 0.1) is 0 Å². The Labute approximate surface area is 188 Å². The first-order valence-electron chi connectivity index (χ1n) is 11.7. The van der Waals surface area contributed by atoms with Gasteiger partial charge in [-0.3, -0.25) is 9.59 Å². The highest BCUT2D eigenvalue weighted by Crippen LogP contribution is 2.14. The van der Waals surface area contributed by atoms with Gasteiger partial charge >= 0.3 is 0 Å². The molecule has 0 aliphatic rings. The number of amides is 2. The maximum absolute atomic E-state index is 13.3. The van der Waals surface area contributed by atoms with Crippen molar-refractivity contribution in [3.8, 4) is 0 Å². The molecule has 0 fully saturated rings. The normalized spacial score (nSPS) is 12.8. The number of carbonyl (C=O) groups excluding carboxylic acids is 2. The van der Waals surface area contributed by atoms with Gasteiger partial charge in [0, 0.05) is 19.0 Å². The molecule has 0 saturated carbocycles. The smallest absolute Gasteiger partial charge is 0.243 e. The summed E-state index contributed by atoms with van der Waals surface area (Å²) in [5.41, 5.74) is 3.63. The fraction of sp³-hybridized carbons (Fsp3) is 0.481. The van der Waals surface area contributed by atoms with Crippen LogP contribution in [0.1, 0.15) is 63.6 Å². The SMILES string of the molecule is CCc1ccc(CCC(=O)N(CCc2ccccc2)C(CC)C(=O)NC(C)CC)cc1. The number of hydrogen-bond acceptors (Lipinski definition) is 2. The monoisotopic (exact) mass is 422 g/mol. The molecule has 2 amide bonds. The molecule has 0 aliphatic heterocycles. The van der Waals surface area contributed by atoms with E-state index in [2.05, 4.69) is 48.6 Å². The summed E-state index contributed by atoms with van der Waals surface area (Å²) in [6.07, 6.45) is 4.32. The van der Waals surface area contributed by atoms with Crippen molar-refractivity contribution in [3.63, 3.8) is 0 Å². The number of nitrogens with one attached hydrogen (secondary N) is 1. The zero-order chi connectivity index (χ0) is 22.6. The molecule has 0 saturated heterocycles. The molecule has 2 unspecified atom stereocenters. The van der Waals surface area contributed by atoms with Crippen LogP contribution in [0.4, 0.5) is 0 Å². The summed E-state index contributed by atoms with van der Waals surface area (Å²) in [5.74, 6) is -0.00721. The topological polar surface area (TPSA) is 49.4 Å². The Morgan fingerprint density at radius 1 is 0.839 bits per heavy atom. The van der Waals surface area contributed by atoms with Crippen molar-refractivity contribution in [2.45, 2.75) is 78.3 Å². The summed E-state index contributed by atoms with van der Waals surface area (Å²) in [5, 5.41) is 3.07. The van der Waals surface area contributed by atoms with E-state index in [0.717, 1.165) is 24.8 Å². The van der Waals surface area contributed by atoms with Crippen LogP contribution < -0.4 is 5.32 Å². The van der Waals surface area contributed by atoms with Crippen molar-refractivity contribution in [2.75, 3.05) is 6.54 Å². The lowest BCUT2D eigenvalue weighted by Crippen LogP contribution is -2.51. The van der Waals surface area contributed by atoms with E-state index >= 15 is 0 Å². The Morgan fingerprint density at radius 3 is 2.03 bits per heavy atom. The molecule has 1 N–H and O–H groups in total. The van der Waals surface area contributed by atoms with Crippen molar-refractivity contribution in [1.29, 1.82) is 0 Å². The summed E-state index contributed by atoms with van der Waals surface area (Å²) in [7, 11) is 0. The number of rotatable bonds is 12. The van der Waals surface area contributed by atoms with Gasteiger partial charge < -0.3 is 10.2 Å². The summed E-state index contributed by atoms with van der Waals surface area (Å²) in [4.78, 5) is 28.0. The lowest BCUT2D eigenvalue weighted by atomic mass is 10.0. The first kappa shape index (κ1) is 24.6. The van der Waals surface area contributed by atoms with E-state index < -0.39 is 6.04 Å². The molecule has 31 heavy (non-hydrogen) atoms. The van der Waals surface area contributed by atoms with Crippen molar-refractivity contribution in [3.05, 3.63) is 71.3 Å². The van der Waals surface area contributed by atoms with Gasteiger partial charge in [-0.05, 0) is 55.7 Å². The average molecular weight is 423 g/mol. The number of aryl methyl sites for hydroxylation is 2. The van der Waals surface area contributed by atoms with Gasteiger partial charge in [0.15, 0.2) is 0 Å². The van der Waals surface area contributed by atoms with E-state index in [1.807, 2.05) is 39.0 Å². The van der Waals surface area contributed by atoms with Crippen molar-refractivity contribution in [2.24, 2.45) is 0 Å². The van der Waals surface area contributed by atoms with E-state index in [4.69, 9.17) is 0 Å². The summed E-state index contributed by atoms with van der Waals surface area (Å²) < 4.78 is 0. The Bertz CT molecular complexity index is 802. The van der Waals surface area contributed by atoms with Crippen molar-refractivity contribution >= 4 is 11.8 Å². The van der Waals surface area contributed by atoms with Crippen LogP contribution in [0.25, 0.3) is 0 Å². The van der Waals surface area contributed by atoms with Crippen LogP contribution in [0.15, 0.2) is 54.6 Å². The molecule has 2 rings (SSSR count). The number of nitrogens with zero attached hydrogens (tertiary/aromatic N) is 1. The van der Waals surface area contributed by atoms with E-state index in [1.54, 1.807) is 4.90 Å². The van der Waals surface area contributed by atoms with Crippen molar-refractivity contribution < 1.29 is 9.59 Å². The third-order valence-electron chi connectivity index (χ3n) is 5.93. The molecule has 2 atom stereocenters. The zero-order valence-electron chi connectivity index (χ0n) is 19.6. The molecular weight excluding hydrogens is 384 g/mol. The fourth-order valence-electron chi connectivity index (χ4n) is 3.67. The van der Waals surface area contributed by atoms with Crippen LogP contribution in [-0.4, -0.2) is 35.3 Å². The maximum atomic E-state index is 13.3. The van der Waals surface area contributed by atoms with Gasteiger partial charge in [0.1, 0.15) is 6.04 Å². The highest BCUT2D eigenvalue weighted by molar-refractivity contribution is 5.88. The van der Waals surface area contributed by atoms with E-state index in [0.29, 0.717) is 25.8 Å². The van der Waals surface area contributed by atoms with Crippen LogP contribution in [-0.2, 0) is 28.9 Å². The summed E-state index contributed by atoms with van der Waals surface area (Å²) >= 11 is 0. The van der Waals surface area contributed by atoms with Crippen LogP contribution in [0.2, 0.25) is 0 Å². The molecule has 2 aromatic carbocycles. The highest BCUT2D eigenvalue weighted by Gasteiger charge is 2.28. The Kier molecular flexibility index (Phi) is 10.3. The molecule has 2 aromatic rings. The molecule has 0 aliphatic carbocycles. The molecule has 0 bridgehead atoms. The third kappa shape index (κ3) is 7.86. The van der Waals surface area contributed by atoms with Gasteiger partial charge in [-0.15, -0.1) is 0 Å². The summed E-state index contributed by atoms with van der Waals surface area (Å²) in [6, 6.07) is 18.3. The zero-order valence-corrected chi connectivity index (χ0v) is 19.6. The van der Waals surface area contributed by atoms with Gasteiger partial charge in [0.25, 0.3) is 0 Å². The first-order chi connectivity index (χ1) is 15.0. The number of carbonyl (C=O) groups is 2. The molecular formula is C27H38N2O2. The van der Waals surface area contributed by atoms with Crippen molar-refractivity contribution in [1.82, 2.24) is 10.2 Å². The molecule has 4 nitrogen and oxygen atoms in total. The number of benzene rings is 2. The lowest BCUT2D eigenvalue weighted by Gasteiger charge is -2.31. The second-order valence-electron chi connectivity index (χ2n) is 8.23. The first-order valence-corrected chi connectivity index (χ1v) is 11.7. The van der Waals surface area contributed by atoms with Gasteiger partial charge in [0.05, 0.1) is 0 Å². The molecule has 168 valence electrons. The minimum Gasteiger partial charge on any atom is -0.352 e. The second-order valence-corrected chi connectivity index (χ2v) is 8.23. The third-order valence-corrected chi connectivity index (χ3v) is 5.93. The fourth-order valence-corrected chi connectivity index (χ4v) is 3.67. The average Bonchev–Trinajstić information content (AvgIpc) is 2.80. The molecule has 0 aromatic heterocycles. The van der Waals surface area contributed by atoms with Gasteiger partial charge in [-0.25, -0.2) is 0 Å².